The first kappa shape index (κ1) is 15.2. The van der Waals surface area contributed by atoms with E-state index < -0.39 is 0 Å². The number of carbonyl (C=O) groups is 1. The van der Waals surface area contributed by atoms with Gasteiger partial charge in [0.1, 0.15) is 11.9 Å². The van der Waals surface area contributed by atoms with Crippen molar-refractivity contribution in [2.75, 3.05) is 24.3 Å². The predicted octanol–water partition coefficient (Wildman–Crippen LogP) is 1.26. The molecule has 1 aromatic rings. The zero-order valence-electron chi connectivity index (χ0n) is 12.5. The third-order valence-electron chi connectivity index (χ3n) is 2.30. The molecule has 0 radical (unpaired) electrons. The molecular formula is C13H23N5O. The lowest BCUT2D eigenvalue weighted by Gasteiger charge is -2.24. The molecular weight excluding hydrogens is 242 g/mol. The van der Waals surface area contributed by atoms with E-state index in [1.54, 1.807) is 19.2 Å². The average Bonchev–Trinajstić information content (AvgIpc) is 2.27. The molecule has 6 heteroatoms. The van der Waals surface area contributed by atoms with E-state index in [4.69, 9.17) is 0 Å². The third kappa shape index (κ3) is 5.11. The molecule has 1 heterocycles. The first-order valence-electron chi connectivity index (χ1n) is 6.28. The summed E-state index contributed by atoms with van der Waals surface area (Å²) in [6.07, 6.45) is 1.67. The second-order valence-corrected chi connectivity index (χ2v) is 5.74. The Labute approximate surface area is 114 Å². The van der Waals surface area contributed by atoms with Crippen molar-refractivity contribution in [1.82, 2.24) is 15.3 Å². The standard InChI is InChI=1S/C13H23N5O/c1-9(11(19)17-13(2,3)4)15-10-7-8-14-12(16-10)18(5)6/h7-9H,1-6H3,(H,17,19)(H,14,15,16). The van der Waals surface area contributed by atoms with Crippen LogP contribution in [0.3, 0.4) is 0 Å². The molecule has 106 valence electrons. The summed E-state index contributed by atoms with van der Waals surface area (Å²) in [5, 5.41) is 5.99. The zero-order valence-corrected chi connectivity index (χ0v) is 12.5. The van der Waals surface area contributed by atoms with Crippen LogP contribution in [0, 0.1) is 0 Å². The maximum atomic E-state index is 12.0. The van der Waals surface area contributed by atoms with Crippen LogP contribution in [0.2, 0.25) is 0 Å². The Morgan fingerprint density at radius 2 is 2.00 bits per heavy atom. The van der Waals surface area contributed by atoms with Gasteiger partial charge in [0.25, 0.3) is 0 Å². The van der Waals surface area contributed by atoms with Gasteiger partial charge in [-0.25, -0.2) is 4.98 Å². The van der Waals surface area contributed by atoms with Gasteiger partial charge < -0.3 is 15.5 Å². The molecule has 0 aromatic carbocycles. The average molecular weight is 265 g/mol. The maximum Gasteiger partial charge on any atom is 0.242 e. The molecule has 1 amide bonds. The van der Waals surface area contributed by atoms with E-state index in [0.29, 0.717) is 11.8 Å². The number of hydrogen-bond donors (Lipinski definition) is 2. The van der Waals surface area contributed by atoms with Crippen molar-refractivity contribution in [2.24, 2.45) is 0 Å². The zero-order chi connectivity index (χ0) is 14.6. The van der Waals surface area contributed by atoms with Crippen molar-refractivity contribution < 1.29 is 4.79 Å². The van der Waals surface area contributed by atoms with E-state index in [0.717, 1.165) is 0 Å². The van der Waals surface area contributed by atoms with E-state index in [-0.39, 0.29) is 17.5 Å². The quantitative estimate of drug-likeness (QED) is 0.857. The number of rotatable bonds is 4. The van der Waals surface area contributed by atoms with Crippen molar-refractivity contribution in [3.8, 4) is 0 Å². The normalized spacial score (nSPS) is 12.7. The maximum absolute atomic E-state index is 12.0. The fourth-order valence-corrected chi connectivity index (χ4v) is 1.41. The lowest BCUT2D eigenvalue weighted by atomic mass is 10.1. The summed E-state index contributed by atoms with van der Waals surface area (Å²) < 4.78 is 0. The smallest absolute Gasteiger partial charge is 0.242 e. The second kappa shape index (κ2) is 5.86. The summed E-state index contributed by atoms with van der Waals surface area (Å²) in [6, 6.07) is 1.39. The number of nitrogens with one attached hydrogen (secondary N) is 2. The lowest BCUT2D eigenvalue weighted by Crippen LogP contribution is -2.47. The predicted molar refractivity (Wildman–Crippen MR) is 77.3 cm³/mol. The molecule has 0 aliphatic rings. The Morgan fingerprint density at radius 3 is 2.53 bits per heavy atom. The topological polar surface area (TPSA) is 70.2 Å². The number of amides is 1. The van der Waals surface area contributed by atoms with Gasteiger partial charge >= 0.3 is 0 Å². The minimum atomic E-state index is -0.357. The van der Waals surface area contributed by atoms with E-state index in [2.05, 4.69) is 20.6 Å². The van der Waals surface area contributed by atoms with Gasteiger partial charge in [-0.3, -0.25) is 4.79 Å². The highest BCUT2D eigenvalue weighted by Crippen LogP contribution is 2.09. The summed E-state index contributed by atoms with van der Waals surface area (Å²) in [4.78, 5) is 22.2. The largest absolute Gasteiger partial charge is 0.358 e. The van der Waals surface area contributed by atoms with Crippen LogP contribution in [0.1, 0.15) is 27.7 Å². The Kier molecular flexibility index (Phi) is 4.69. The van der Waals surface area contributed by atoms with Gasteiger partial charge in [0, 0.05) is 25.8 Å². The highest BCUT2D eigenvalue weighted by atomic mass is 16.2. The van der Waals surface area contributed by atoms with Crippen molar-refractivity contribution in [3.05, 3.63) is 12.3 Å². The Balaban J connectivity index is 2.69. The van der Waals surface area contributed by atoms with Gasteiger partial charge in [-0.15, -0.1) is 0 Å². The molecule has 1 atom stereocenters. The van der Waals surface area contributed by atoms with Crippen LogP contribution in [0.15, 0.2) is 12.3 Å². The van der Waals surface area contributed by atoms with Gasteiger partial charge in [0.05, 0.1) is 0 Å². The van der Waals surface area contributed by atoms with E-state index in [9.17, 15) is 4.79 Å². The molecule has 1 rings (SSSR count). The fraction of sp³-hybridized carbons (Fsp3) is 0.615. The van der Waals surface area contributed by atoms with Crippen LogP contribution >= 0.6 is 0 Å². The molecule has 0 saturated heterocycles. The minimum Gasteiger partial charge on any atom is -0.358 e. The number of anilines is 2. The monoisotopic (exact) mass is 265 g/mol. The number of aromatic nitrogens is 2. The van der Waals surface area contributed by atoms with Gasteiger partial charge in [-0.2, -0.15) is 4.98 Å². The van der Waals surface area contributed by atoms with Gasteiger partial charge in [-0.1, -0.05) is 0 Å². The number of nitrogens with zero attached hydrogens (tertiary/aromatic N) is 3. The van der Waals surface area contributed by atoms with Gasteiger partial charge in [-0.05, 0) is 33.8 Å². The van der Waals surface area contributed by atoms with Crippen LogP contribution in [-0.4, -0.2) is 41.6 Å². The van der Waals surface area contributed by atoms with Crippen LogP contribution in [0.25, 0.3) is 0 Å². The summed E-state index contributed by atoms with van der Waals surface area (Å²) in [5.41, 5.74) is -0.243. The molecule has 0 aliphatic carbocycles. The molecule has 6 nitrogen and oxygen atoms in total. The summed E-state index contributed by atoms with van der Waals surface area (Å²) in [5.74, 6) is 1.18. The molecule has 1 aromatic heterocycles. The van der Waals surface area contributed by atoms with Gasteiger partial charge in [0.15, 0.2) is 0 Å². The highest BCUT2D eigenvalue weighted by molar-refractivity contribution is 5.84. The first-order chi connectivity index (χ1) is 8.69. The lowest BCUT2D eigenvalue weighted by molar-refractivity contribution is -0.122. The fourth-order valence-electron chi connectivity index (χ4n) is 1.41. The van der Waals surface area contributed by atoms with Crippen molar-refractivity contribution >= 4 is 17.7 Å². The Hall–Kier alpha value is -1.85. The molecule has 2 N–H and O–H groups in total. The molecule has 0 aliphatic heterocycles. The van der Waals surface area contributed by atoms with E-state index in [1.165, 1.54) is 0 Å². The summed E-state index contributed by atoms with van der Waals surface area (Å²) >= 11 is 0. The molecule has 0 bridgehead atoms. The summed E-state index contributed by atoms with van der Waals surface area (Å²) in [7, 11) is 3.74. The van der Waals surface area contributed by atoms with E-state index in [1.807, 2.05) is 39.8 Å². The molecule has 19 heavy (non-hydrogen) atoms. The minimum absolute atomic E-state index is 0.0579. The Morgan fingerprint density at radius 1 is 1.37 bits per heavy atom. The second-order valence-electron chi connectivity index (χ2n) is 5.74. The first-order valence-corrected chi connectivity index (χ1v) is 6.28. The molecule has 0 fully saturated rings. The van der Waals surface area contributed by atoms with Crippen LogP contribution < -0.4 is 15.5 Å². The van der Waals surface area contributed by atoms with Crippen LogP contribution in [0.5, 0.6) is 0 Å². The summed E-state index contributed by atoms with van der Waals surface area (Å²) in [6.45, 7) is 7.66. The van der Waals surface area contributed by atoms with Crippen molar-refractivity contribution in [2.45, 2.75) is 39.3 Å². The number of hydrogen-bond acceptors (Lipinski definition) is 5. The van der Waals surface area contributed by atoms with Crippen LogP contribution in [0.4, 0.5) is 11.8 Å². The molecule has 0 saturated carbocycles. The molecule has 1 unspecified atom stereocenters. The van der Waals surface area contributed by atoms with Crippen molar-refractivity contribution in [3.63, 3.8) is 0 Å². The van der Waals surface area contributed by atoms with E-state index >= 15 is 0 Å². The third-order valence-corrected chi connectivity index (χ3v) is 2.30. The van der Waals surface area contributed by atoms with Crippen LogP contribution in [-0.2, 0) is 4.79 Å². The molecule has 0 spiro atoms. The van der Waals surface area contributed by atoms with Crippen molar-refractivity contribution in [1.29, 1.82) is 0 Å². The SMILES string of the molecule is CC(Nc1ccnc(N(C)C)n1)C(=O)NC(C)(C)C. The van der Waals surface area contributed by atoms with Gasteiger partial charge in [0.2, 0.25) is 11.9 Å². The number of carbonyl (C=O) groups excluding carboxylic acids is 1. The highest BCUT2D eigenvalue weighted by Gasteiger charge is 2.19. The Bertz CT molecular complexity index is 439.